The molecule has 4 N–H and O–H groups in total. The van der Waals surface area contributed by atoms with Crippen molar-refractivity contribution in [3.63, 3.8) is 0 Å². The molecule has 1 saturated carbocycles. The second kappa shape index (κ2) is 5.40. The molecule has 0 heterocycles. The van der Waals surface area contributed by atoms with Crippen molar-refractivity contribution in [1.29, 1.82) is 0 Å². The second-order valence-corrected chi connectivity index (χ2v) is 5.35. The molecule has 0 aliphatic heterocycles. The van der Waals surface area contributed by atoms with Crippen molar-refractivity contribution in [1.82, 2.24) is 0 Å². The SMILES string of the molecule is N[C@@](CCc1cccc(F)c1F)(C(=O)O)C1C[C@@H]1C(=O)O. The number of halogens is 2. The number of carboxylic acids is 2. The number of hydrogen-bond donors (Lipinski definition) is 3. The van der Waals surface area contributed by atoms with Gasteiger partial charge in [0, 0.05) is 5.92 Å². The van der Waals surface area contributed by atoms with E-state index in [-0.39, 0.29) is 24.8 Å². The molecular formula is C14H15F2NO4. The summed E-state index contributed by atoms with van der Waals surface area (Å²) in [5, 5.41) is 18.1. The van der Waals surface area contributed by atoms with Crippen LogP contribution in [0.5, 0.6) is 0 Å². The van der Waals surface area contributed by atoms with Crippen LogP contribution in [0.1, 0.15) is 18.4 Å². The van der Waals surface area contributed by atoms with Crippen LogP contribution >= 0.6 is 0 Å². The zero-order valence-electron chi connectivity index (χ0n) is 11.1. The highest BCUT2D eigenvalue weighted by atomic mass is 19.2. The lowest BCUT2D eigenvalue weighted by atomic mass is 9.86. The summed E-state index contributed by atoms with van der Waals surface area (Å²) in [6, 6.07) is 3.64. The summed E-state index contributed by atoms with van der Waals surface area (Å²) < 4.78 is 26.6. The van der Waals surface area contributed by atoms with Crippen LogP contribution in [0.15, 0.2) is 18.2 Å². The Hall–Kier alpha value is -2.02. The van der Waals surface area contributed by atoms with Gasteiger partial charge in [0.25, 0.3) is 0 Å². The number of aliphatic carboxylic acids is 2. The zero-order valence-corrected chi connectivity index (χ0v) is 11.1. The van der Waals surface area contributed by atoms with Crippen molar-refractivity contribution in [2.24, 2.45) is 17.6 Å². The van der Waals surface area contributed by atoms with Gasteiger partial charge in [-0.25, -0.2) is 8.78 Å². The molecule has 1 fully saturated rings. The molecule has 7 heteroatoms. The largest absolute Gasteiger partial charge is 0.481 e. The van der Waals surface area contributed by atoms with E-state index in [0.29, 0.717) is 0 Å². The van der Waals surface area contributed by atoms with Crippen LogP contribution in [0.2, 0.25) is 0 Å². The molecule has 0 saturated heterocycles. The Bertz CT molecular complexity index is 592. The summed E-state index contributed by atoms with van der Waals surface area (Å²) in [4.78, 5) is 22.2. The smallest absolute Gasteiger partial charge is 0.324 e. The molecular weight excluding hydrogens is 284 g/mol. The van der Waals surface area contributed by atoms with Gasteiger partial charge in [0.05, 0.1) is 5.92 Å². The van der Waals surface area contributed by atoms with Crippen LogP contribution in [-0.2, 0) is 16.0 Å². The van der Waals surface area contributed by atoms with Crippen molar-refractivity contribution >= 4 is 11.9 Å². The molecule has 2 rings (SSSR count). The quantitative estimate of drug-likeness (QED) is 0.737. The number of rotatable bonds is 6. The number of benzene rings is 1. The van der Waals surface area contributed by atoms with Gasteiger partial charge in [-0.15, -0.1) is 0 Å². The van der Waals surface area contributed by atoms with Crippen molar-refractivity contribution < 1.29 is 28.6 Å². The minimum absolute atomic E-state index is 0.0265. The molecule has 1 unspecified atom stereocenters. The van der Waals surface area contributed by atoms with E-state index in [1.54, 1.807) is 0 Å². The highest BCUT2D eigenvalue weighted by Crippen LogP contribution is 2.47. The highest BCUT2D eigenvalue weighted by Gasteiger charge is 2.58. The molecule has 0 radical (unpaired) electrons. The summed E-state index contributed by atoms with van der Waals surface area (Å²) in [5.41, 5.74) is 4.11. The molecule has 1 aromatic rings. The standard InChI is InChI=1S/C14H15F2NO4/c15-10-3-1-2-7(11(10)16)4-5-14(17,13(20)21)9-6-8(9)12(18)19/h1-3,8-9H,4-6,17H2,(H,18,19)(H,20,21)/t8-,9?,14+/m0/s1. The van der Waals surface area contributed by atoms with E-state index in [9.17, 15) is 23.5 Å². The summed E-state index contributed by atoms with van der Waals surface area (Å²) in [6.07, 6.45) is -0.0455. The first-order valence-corrected chi connectivity index (χ1v) is 6.45. The fraction of sp³-hybridized carbons (Fsp3) is 0.429. The average Bonchev–Trinajstić information content (AvgIpc) is 3.20. The van der Waals surface area contributed by atoms with Crippen molar-refractivity contribution in [3.05, 3.63) is 35.4 Å². The Morgan fingerprint density at radius 3 is 2.52 bits per heavy atom. The van der Waals surface area contributed by atoms with Gasteiger partial charge in [-0.3, -0.25) is 9.59 Å². The summed E-state index contributed by atoms with van der Waals surface area (Å²) in [6.45, 7) is 0. The number of nitrogens with two attached hydrogens (primary N) is 1. The maximum atomic E-state index is 13.5. The first kappa shape index (κ1) is 15.4. The van der Waals surface area contributed by atoms with Gasteiger partial charge < -0.3 is 15.9 Å². The minimum atomic E-state index is -1.75. The van der Waals surface area contributed by atoms with Crippen molar-refractivity contribution in [2.45, 2.75) is 24.8 Å². The van der Waals surface area contributed by atoms with Gasteiger partial charge in [-0.1, -0.05) is 12.1 Å². The Balaban J connectivity index is 2.13. The number of aryl methyl sites for hydroxylation is 1. The highest BCUT2D eigenvalue weighted by molar-refractivity contribution is 5.83. The van der Waals surface area contributed by atoms with Gasteiger partial charge in [0.1, 0.15) is 5.54 Å². The Morgan fingerprint density at radius 2 is 2.00 bits per heavy atom. The molecule has 0 aromatic heterocycles. The van der Waals surface area contributed by atoms with E-state index in [2.05, 4.69) is 0 Å². The van der Waals surface area contributed by atoms with Crippen LogP contribution in [0, 0.1) is 23.5 Å². The summed E-state index contributed by atoms with van der Waals surface area (Å²) in [5.74, 6) is -5.94. The minimum Gasteiger partial charge on any atom is -0.481 e. The van der Waals surface area contributed by atoms with E-state index >= 15 is 0 Å². The average molecular weight is 299 g/mol. The number of carboxylic acid groups (broad SMARTS) is 2. The van der Waals surface area contributed by atoms with Crippen molar-refractivity contribution in [2.75, 3.05) is 0 Å². The van der Waals surface area contributed by atoms with Gasteiger partial charge in [0.2, 0.25) is 0 Å². The molecule has 1 aliphatic carbocycles. The van der Waals surface area contributed by atoms with Crippen LogP contribution < -0.4 is 5.73 Å². The Kier molecular flexibility index (Phi) is 3.95. The van der Waals surface area contributed by atoms with E-state index in [1.165, 1.54) is 12.1 Å². The van der Waals surface area contributed by atoms with E-state index in [1.807, 2.05) is 0 Å². The molecule has 0 spiro atoms. The van der Waals surface area contributed by atoms with Crippen LogP contribution in [0.4, 0.5) is 8.78 Å². The predicted octanol–water partition coefficient (Wildman–Crippen LogP) is 1.40. The normalized spacial score (nSPS) is 23.4. The molecule has 21 heavy (non-hydrogen) atoms. The second-order valence-electron chi connectivity index (χ2n) is 5.35. The number of carbonyl (C=O) groups is 2. The Morgan fingerprint density at radius 1 is 1.33 bits per heavy atom. The van der Waals surface area contributed by atoms with Gasteiger partial charge in [0.15, 0.2) is 11.6 Å². The topological polar surface area (TPSA) is 101 Å². The van der Waals surface area contributed by atoms with Crippen LogP contribution in [0.3, 0.4) is 0 Å². The van der Waals surface area contributed by atoms with Crippen LogP contribution in [-0.4, -0.2) is 27.7 Å². The summed E-state index contributed by atoms with van der Waals surface area (Å²) >= 11 is 0. The van der Waals surface area contributed by atoms with Crippen LogP contribution in [0.25, 0.3) is 0 Å². The fourth-order valence-electron chi connectivity index (χ4n) is 2.57. The monoisotopic (exact) mass is 299 g/mol. The molecule has 0 bridgehead atoms. The molecule has 1 aliphatic rings. The van der Waals surface area contributed by atoms with E-state index in [0.717, 1.165) is 6.07 Å². The lowest BCUT2D eigenvalue weighted by Gasteiger charge is -2.25. The predicted molar refractivity (Wildman–Crippen MR) is 68.5 cm³/mol. The van der Waals surface area contributed by atoms with Gasteiger partial charge in [-0.2, -0.15) is 0 Å². The molecule has 5 nitrogen and oxygen atoms in total. The maximum Gasteiger partial charge on any atom is 0.324 e. The third kappa shape index (κ3) is 2.87. The van der Waals surface area contributed by atoms with Gasteiger partial charge >= 0.3 is 11.9 Å². The van der Waals surface area contributed by atoms with Gasteiger partial charge in [-0.05, 0) is 30.9 Å². The van der Waals surface area contributed by atoms with E-state index < -0.39 is 40.9 Å². The van der Waals surface area contributed by atoms with E-state index in [4.69, 9.17) is 10.8 Å². The first-order valence-electron chi connectivity index (χ1n) is 6.45. The Labute approximate surface area is 119 Å². The van der Waals surface area contributed by atoms with Crippen molar-refractivity contribution in [3.8, 4) is 0 Å². The maximum absolute atomic E-state index is 13.5. The summed E-state index contributed by atoms with van der Waals surface area (Å²) in [7, 11) is 0. The first-order chi connectivity index (χ1) is 9.77. The number of hydrogen-bond acceptors (Lipinski definition) is 3. The molecule has 114 valence electrons. The fourth-order valence-corrected chi connectivity index (χ4v) is 2.57. The molecule has 3 atom stereocenters. The molecule has 0 amide bonds. The lowest BCUT2D eigenvalue weighted by molar-refractivity contribution is -0.145. The third-order valence-corrected chi connectivity index (χ3v) is 4.01. The lowest BCUT2D eigenvalue weighted by Crippen LogP contribution is -2.51. The third-order valence-electron chi connectivity index (χ3n) is 4.01. The molecule has 1 aromatic carbocycles. The zero-order chi connectivity index (χ0) is 15.8.